The van der Waals surface area contributed by atoms with Gasteiger partial charge in [-0.3, -0.25) is 9.79 Å². The lowest BCUT2D eigenvalue weighted by atomic mass is 10.1. The number of aliphatic imine (C=N–C) groups is 1. The molecule has 1 aromatic carbocycles. The minimum atomic E-state index is -0.441. The van der Waals surface area contributed by atoms with E-state index in [9.17, 15) is 4.79 Å². The maximum absolute atomic E-state index is 11.2. The average Bonchev–Trinajstić information content (AvgIpc) is 2.86. The second kappa shape index (κ2) is 7.44. The third-order valence-corrected chi connectivity index (χ3v) is 3.37. The molecule has 0 unspecified atom stereocenters. The zero-order chi connectivity index (χ0) is 16.8. The number of nitrogens with two attached hydrogens (primary N) is 1. The van der Waals surface area contributed by atoms with E-state index < -0.39 is 5.91 Å². The highest BCUT2D eigenvalue weighted by atomic mass is 16.4. The fourth-order valence-corrected chi connectivity index (χ4v) is 2.02. The highest BCUT2D eigenvalue weighted by molar-refractivity contribution is 5.92. The van der Waals surface area contributed by atoms with E-state index in [1.165, 1.54) is 0 Å². The van der Waals surface area contributed by atoms with Gasteiger partial charge < -0.3 is 20.8 Å². The van der Waals surface area contributed by atoms with Crippen molar-refractivity contribution in [2.45, 2.75) is 26.9 Å². The third-order valence-electron chi connectivity index (χ3n) is 3.37. The van der Waals surface area contributed by atoms with E-state index in [1.807, 2.05) is 19.9 Å². The number of amides is 1. The van der Waals surface area contributed by atoms with Crippen LogP contribution < -0.4 is 16.4 Å². The number of nitrogens with one attached hydrogen (secondary N) is 2. The van der Waals surface area contributed by atoms with Crippen LogP contribution in [0.3, 0.4) is 0 Å². The van der Waals surface area contributed by atoms with Crippen molar-refractivity contribution in [3.63, 3.8) is 0 Å². The molecule has 7 heteroatoms. The van der Waals surface area contributed by atoms with Crippen molar-refractivity contribution in [2.24, 2.45) is 10.7 Å². The lowest BCUT2D eigenvalue weighted by Crippen LogP contribution is -2.36. The van der Waals surface area contributed by atoms with Gasteiger partial charge in [-0.05, 0) is 31.5 Å². The maximum Gasteiger partial charge on any atom is 0.248 e. The number of hydrogen-bond acceptors (Lipinski definition) is 4. The molecular formula is C16H21N5O2. The summed E-state index contributed by atoms with van der Waals surface area (Å²) >= 11 is 0. The van der Waals surface area contributed by atoms with E-state index in [0.717, 1.165) is 17.0 Å². The molecule has 0 saturated carbocycles. The van der Waals surface area contributed by atoms with Gasteiger partial charge in [0.05, 0.1) is 12.2 Å². The summed E-state index contributed by atoms with van der Waals surface area (Å²) in [7, 11) is 1.68. The molecule has 0 bridgehead atoms. The Morgan fingerprint density at radius 2 is 2.04 bits per heavy atom. The molecule has 7 nitrogen and oxygen atoms in total. The van der Waals surface area contributed by atoms with E-state index in [-0.39, 0.29) is 0 Å². The Balaban J connectivity index is 1.90. The minimum Gasteiger partial charge on any atom is -0.444 e. The van der Waals surface area contributed by atoms with Crippen LogP contribution in [0.25, 0.3) is 0 Å². The third kappa shape index (κ3) is 4.57. The van der Waals surface area contributed by atoms with E-state index in [4.69, 9.17) is 10.2 Å². The fourth-order valence-electron chi connectivity index (χ4n) is 2.02. The van der Waals surface area contributed by atoms with Gasteiger partial charge in [-0.1, -0.05) is 12.1 Å². The number of oxazole rings is 1. The van der Waals surface area contributed by atoms with Gasteiger partial charge in [-0.25, -0.2) is 4.98 Å². The Hall–Kier alpha value is -2.83. The molecule has 0 fully saturated rings. The van der Waals surface area contributed by atoms with E-state index in [1.54, 1.807) is 25.2 Å². The zero-order valence-corrected chi connectivity index (χ0v) is 13.5. The Kier molecular flexibility index (Phi) is 5.35. The van der Waals surface area contributed by atoms with Crippen molar-refractivity contribution in [2.75, 3.05) is 7.05 Å². The molecule has 1 amide bonds. The predicted octanol–water partition coefficient (Wildman–Crippen LogP) is 1.26. The highest BCUT2D eigenvalue weighted by Gasteiger charge is 2.07. The van der Waals surface area contributed by atoms with Gasteiger partial charge >= 0.3 is 0 Å². The van der Waals surface area contributed by atoms with Crippen LogP contribution in [0, 0.1) is 13.8 Å². The first-order valence-electron chi connectivity index (χ1n) is 7.25. The van der Waals surface area contributed by atoms with Crippen molar-refractivity contribution >= 4 is 11.9 Å². The summed E-state index contributed by atoms with van der Waals surface area (Å²) in [5.41, 5.74) is 7.58. The summed E-state index contributed by atoms with van der Waals surface area (Å²) in [5, 5.41) is 6.29. The molecule has 0 aliphatic carbocycles. The van der Waals surface area contributed by atoms with Crippen molar-refractivity contribution in [3.05, 3.63) is 52.7 Å². The summed E-state index contributed by atoms with van der Waals surface area (Å²) in [6.07, 6.45) is 0. The topological polar surface area (TPSA) is 106 Å². The Morgan fingerprint density at radius 3 is 2.65 bits per heavy atom. The van der Waals surface area contributed by atoms with Crippen LogP contribution in [0.4, 0.5) is 0 Å². The van der Waals surface area contributed by atoms with Crippen LogP contribution in [-0.2, 0) is 13.1 Å². The first-order valence-corrected chi connectivity index (χ1v) is 7.25. The predicted molar refractivity (Wildman–Crippen MR) is 88.0 cm³/mol. The molecular weight excluding hydrogens is 294 g/mol. The highest BCUT2D eigenvalue weighted by Crippen LogP contribution is 2.07. The van der Waals surface area contributed by atoms with Gasteiger partial charge in [0.1, 0.15) is 5.76 Å². The van der Waals surface area contributed by atoms with E-state index in [0.29, 0.717) is 30.5 Å². The van der Waals surface area contributed by atoms with Crippen molar-refractivity contribution in [3.8, 4) is 0 Å². The second-order valence-corrected chi connectivity index (χ2v) is 5.09. The number of guanidine groups is 1. The largest absolute Gasteiger partial charge is 0.444 e. The van der Waals surface area contributed by atoms with Crippen LogP contribution in [0.5, 0.6) is 0 Å². The Bertz CT molecular complexity index is 702. The quantitative estimate of drug-likeness (QED) is 0.569. The van der Waals surface area contributed by atoms with Gasteiger partial charge in [0.2, 0.25) is 11.8 Å². The van der Waals surface area contributed by atoms with Crippen LogP contribution in [0.15, 0.2) is 33.7 Å². The average molecular weight is 315 g/mol. The Morgan fingerprint density at radius 1 is 1.30 bits per heavy atom. The second-order valence-electron chi connectivity index (χ2n) is 5.09. The molecule has 2 aromatic rings. The molecule has 2 rings (SSSR count). The molecule has 0 saturated heterocycles. The minimum absolute atomic E-state index is 0.440. The molecule has 1 heterocycles. The summed E-state index contributed by atoms with van der Waals surface area (Å²) in [5.74, 6) is 1.60. The molecule has 0 spiro atoms. The lowest BCUT2D eigenvalue weighted by molar-refractivity contribution is 0.1000. The molecule has 122 valence electrons. The first-order chi connectivity index (χ1) is 11.0. The SMILES string of the molecule is CN=C(NCc1cccc(C(N)=O)c1)NCc1nc(C)c(C)o1. The number of carbonyl (C=O) groups excluding carboxylic acids is 1. The smallest absolute Gasteiger partial charge is 0.248 e. The fraction of sp³-hybridized carbons (Fsp3) is 0.312. The molecule has 0 aliphatic heterocycles. The molecule has 0 aliphatic rings. The number of aryl methyl sites for hydroxylation is 2. The summed E-state index contributed by atoms with van der Waals surface area (Å²) in [6, 6.07) is 7.15. The standard InChI is InChI=1S/C16H21N5O2/c1-10-11(2)23-14(21-10)9-20-16(18-3)19-8-12-5-4-6-13(7-12)15(17)22/h4-7H,8-9H2,1-3H3,(H2,17,22)(H2,18,19,20). The van der Waals surface area contributed by atoms with E-state index in [2.05, 4.69) is 20.6 Å². The maximum atomic E-state index is 11.2. The van der Waals surface area contributed by atoms with Gasteiger partial charge in [0, 0.05) is 19.2 Å². The summed E-state index contributed by atoms with van der Waals surface area (Å²) < 4.78 is 5.51. The van der Waals surface area contributed by atoms with Gasteiger partial charge in [0.15, 0.2) is 5.96 Å². The number of nitrogens with zero attached hydrogens (tertiary/aromatic N) is 2. The van der Waals surface area contributed by atoms with Crippen LogP contribution in [0.1, 0.15) is 33.3 Å². The number of rotatable bonds is 5. The zero-order valence-electron chi connectivity index (χ0n) is 13.5. The van der Waals surface area contributed by atoms with Crippen LogP contribution in [0.2, 0.25) is 0 Å². The number of primary amides is 1. The monoisotopic (exact) mass is 315 g/mol. The van der Waals surface area contributed by atoms with Crippen molar-refractivity contribution < 1.29 is 9.21 Å². The lowest BCUT2D eigenvalue weighted by Gasteiger charge is -2.11. The number of aromatic nitrogens is 1. The summed E-state index contributed by atoms with van der Waals surface area (Å²) in [6.45, 7) is 4.74. The van der Waals surface area contributed by atoms with Gasteiger partial charge in [-0.2, -0.15) is 0 Å². The number of carbonyl (C=O) groups is 1. The summed E-state index contributed by atoms with van der Waals surface area (Å²) in [4.78, 5) is 19.6. The molecule has 0 atom stereocenters. The first kappa shape index (κ1) is 16.5. The van der Waals surface area contributed by atoms with E-state index >= 15 is 0 Å². The number of benzene rings is 1. The molecule has 4 N–H and O–H groups in total. The van der Waals surface area contributed by atoms with Gasteiger partial charge in [-0.15, -0.1) is 0 Å². The normalized spacial score (nSPS) is 11.3. The van der Waals surface area contributed by atoms with Crippen molar-refractivity contribution in [1.29, 1.82) is 0 Å². The molecule has 23 heavy (non-hydrogen) atoms. The molecule has 1 aromatic heterocycles. The number of hydrogen-bond donors (Lipinski definition) is 3. The Labute approximate surface area is 135 Å². The van der Waals surface area contributed by atoms with Crippen LogP contribution in [-0.4, -0.2) is 23.9 Å². The molecule has 0 radical (unpaired) electrons. The van der Waals surface area contributed by atoms with Gasteiger partial charge in [0.25, 0.3) is 0 Å². The van der Waals surface area contributed by atoms with Crippen LogP contribution >= 0.6 is 0 Å². The van der Waals surface area contributed by atoms with Crippen molar-refractivity contribution in [1.82, 2.24) is 15.6 Å².